The Bertz CT molecular complexity index is 1360. The van der Waals surface area contributed by atoms with E-state index in [4.69, 9.17) is 22.3 Å². The molecule has 198 valence electrons. The average Bonchev–Trinajstić information content (AvgIpc) is 3.28. The summed E-state index contributed by atoms with van der Waals surface area (Å²) in [7, 11) is 0. The Morgan fingerprint density at radius 3 is 2.50 bits per heavy atom. The number of hydrogen-bond acceptors (Lipinski definition) is 3. The van der Waals surface area contributed by atoms with Crippen molar-refractivity contribution in [2.24, 2.45) is 11.7 Å². The molecule has 0 bridgehead atoms. The van der Waals surface area contributed by atoms with E-state index in [1.165, 1.54) is 11.1 Å². The summed E-state index contributed by atoms with van der Waals surface area (Å²) >= 11 is 6.28. The largest absolute Gasteiger partial charge is 0.338 e. The molecule has 0 saturated carbocycles. The summed E-state index contributed by atoms with van der Waals surface area (Å²) in [6, 6.07) is 24.1. The van der Waals surface area contributed by atoms with Crippen LogP contribution >= 0.6 is 11.6 Å². The van der Waals surface area contributed by atoms with Gasteiger partial charge < -0.3 is 15.2 Å². The van der Waals surface area contributed by atoms with E-state index in [1.807, 2.05) is 60.4 Å². The second-order valence-electron chi connectivity index (χ2n) is 10.2. The fraction of sp³-hybridized carbons (Fsp3) is 0.312. The summed E-state index contributed by atoms with van der Waals surface area (Å²) < 4.78 is 2.23. The first-order chi connectivity index (χ1) is 18.3. The zero-order valence-electron chi connectivity index (χ0n) is 22.5. The Labute approximate surface area is 231 Å². The zero-order valence-corrected chi connectivity index (χ0v) is 23.3. The molecule has 0 aliphatic heterocycles. The maximum absolute atomic E-state index is 13.4. The van der Waals surface area contributed by atoms with Crippen LogP contribution in [0.2, 0.25) is 5.02 Å². The van der Waals surface area contributed by atoms with Gasteiger partial charge in [0.25, 0.3) is 5.91 Å². The van der Waals surface area contributed by atoms with E-state index in [0.29, 0.717) is 30.2 Å². The predicted octanol–water partition coefficient (Wildman–Crippen LogP) is 6.54. The molecule has 1 unspecified atom stereocenters. The van der Waals surface area contributed by atoms with Gasteiger partial charge in [-0.15, -0.1) is 0 Å². The van der Waals surface area contributed by atoms with E-state index < -0.39 is 0 Å². The first-order valence-electron chi connectivity index (χ1n) is 13.3. The van der Waals surface area contributed by atoms with Crippen molar-refractivity contribution in [3.63, 3.8) is 0 Å². The molecule has 0 spiro atoms. The molecule has 3 aromatic carbocycles. The SMILES string of the molecule is Cc1ccc(C(=O)N(CCCN)CC(C)Cc2nc(-c3cccc(Cl)c3)cn2Cc2cccc(C)c2)cc1. The van der Waals surface area contributed by atoms with Crippen LogP contribution < -0.4 is 5.73 Å². The molecule has 0 fully saturated rings. The molecule has 38 heavy (non-hydrogen) atoms. The minimum Gasteiger partial charge on any atom is -0.338 e. The predicted molar refractivity (Wildman–Crippen MR) is 157 cm³/mol. The molecule has 6 heteroatoms. The number of benzene rings is 3. The quantitative estimate of drug-likeness (QED) is 0.240. The molecule has 1 amide bonds. The van der Waals surface area contributed by atoms with Gasteiger partial charge >= 0.3 is 0 Å². The molecule has 0 radical (unpaired) electrons. The van der Waals surface area contributed by atoms with Gasteiger partial charge in [-0.05, 0) is 62.6 Å². The lowest BCUT2D eigenvalue weighted by Crippen LogP contribution is -2.37. The minimum absolute atomic E-state index is 0.0491. The van der Waals surface area contributed by atoms with Gasteiger partial charge in [-0.3, -0.25) is 4.79 Å². The van der Waals surface area contributed by atoms with Crippen LogP contribution in [0.3, 0.4) is 0 Å². The van der Waals surface area contributed by atoms with E-state index in [0.717, 1.165) is 42.0 Å². The first-order valence-corrected chi connectivity index (χ1v) is 13.6. The third-order valence-electron chi connectivity index (χ3n) is 6.70. The first kappa shape index (κ1) is 27.6. The van der Waals surface area contributed by atoms with Gasteiger partial charge in [-0.2, -0.15) is 0 Å². The van der Waals surface area contributed by atoms with E-state index >= 15 is 0 Å². The lowest BCUT2D eigenvalue weighted by Gasteiger charge is -2.26. The van der Waals surface area contributed by atoms with E-state index in [-0.39, 0.29) is 11.8 Å². The molecule has 2 N–H and O–H groups in total. The summed E-state index contributed by atoms with van der Waals surface area (Å²) in [6.45, 7) is 8.88. The fourth-order valence-corrected chi connectivity index (χ4v) is 4.93. The maximum Gasteiger partial charge on any atom is 0.253 e. The summed E-state index contributed by atoms with van der Waals surface area (Å²) in [4.78, 5) is 20.3. The summed E-state index contributed by atoms with van der Waals surface area (Å²) in [5, 5.41) is 0.691. The number of nitrogens with two attached hydrogens (primary N) is 1. The van der Waals surface area contributed by atoms with Crippen LogP contribution in [0.5, 0.6) is 0 Å². The highest BCUT2D eigenvalue weighted by Crippen LogP contribution is 2.24. The Hall–Kier alpha value is -3.41. The Balaban J connectivity index is 1.57. The highest BCUT2D eigenvalue weighted by molar-refractivity contribution is 6.30. The van der Waals surface area contributed by atoms with Crippen LogP contribution in [-0.2, 0) is 13.0 Å². The maximum atomic E-state index is 13.4. The summed E-state index contributed by atoms with van der Waals surface area (Å²) in [5.74, 6) is 1.25. The molecule has 4 rings (SSSR count). The molecule has 1 aromatic heterocycles. The number of carbonyl (C=O) groups is 1. The third-order valence-corrected chi connectivity index (χ3v) is 6.93. The minimum atomic E-state index is 0.0491. The topological polar surface area (TPSA) is 64.2 Å². The van der Waals surface area contributed by atoms with Crippen LogP contribution in [0.4, 0.5) is 0 Å². The normalized spacial score (nSPS) is 11.9. The summed E-state index contributed by atoms with van der Waals surface area (Å²) in [6.07, 6.45) is 3.62. The molecule has 0 aliphatic rings. The zero-order chi connectivity index (χ0) is 27.1. The van der Waals surface area contributed by atoms with Crippen LogP contribution in [0, 0.1) is 19.8 Å². The van der Waals surface area contributed by atoms with Gasteiger partial charge in [0.15, 0.2) is 0 Å². The number of amides is 1. The van der Waals surface area contributed by atoms with Crippen molar-refractivity contribution < 1.29 is 4.79 Å². The second-order valence-corrected chi connectivity index (χ2v) is 10.7. The van der Waals surface area contributed by atoms with Crippen molar-refractivity contribution in [1.29, 1.82) is 0 Å². The monoisotopic (exact) mass is 528 g/mol. The molecule has 1 atom stereocenters. The smallest absolute Gasteiger partial charge is 0.253 e. The van der Waals surface area contributed by atoms with Crippen LogP contribution in [0.15, 0.2) is 79.0 Å². The van der Waals surface area contributed by atoms with E-state index in [9.17, 15) is 4.79 Å². The average molecular weight is 529 g/mol. The molecule has 4 aromatic rings. The van der Waals surface area contributed by atoms with Gasteiger partial charge in [0.2, 0.25) is 0 Å². The van der Waals surface area contributed by atoms with Gasteiger partial charge in [0.05, 0.1) is 5.69 Å². The Morgan fingerprint density at radius 2 is 1.79 bits per heavy atom. The third kappa shape index (κ3) is 7.33. The van der Waals surface area contributed by atoms with Gasteiger partial charge in [-0.1, -0.05) is 78.2 Å². The Morgan fingerprint density at radius 1 is 1.03 bits per heavy atom. The molecule has 0 aliphatic carbocycles. The van der Waals surface area contributed by atoms with Crippen molar-refractivity contribution in [2.45, 2.75) is 40.2 Å². The van der Waals surface area contributed by atoms with Gasteiger partial charge in [0.1, 0.15) is 5.82 Å². The molecule has 1 heterocycles. The van der Waals surface area contributed by atoms with E-state index in [2.05, 4.69) is 48.9 Å². The van der Waals surface area contributed by atoms with Crippen LogP contribution in [0.25, 0.3) is 11.3 Å². The molecule has 0 saturated heterocycles. The summed E-state index contributed by atoms with van der Waals surface area (Å²) in [5.41, 5.74) is 12.0. The number of aryl methyl sites for hydroxylation is 2. The lowest BCUT2D eigenvalue weighted by molar-refractivity contribution is 0.0730. The lowest BCUT2D eigenvalue weighted by atomic mass is 10.0. The molecular formula is C32H37ClN4O. The van der Waals surface area contributed by atoms with Crippen molar-refractivity contribution in [1.82, 2.24) is 14.5 Å². The van der Waals surface area contributed by atoms with Crippen molar-refractivity contribution in [3.8, 4) is 11.3 Å². The van der Waals surface area contributed by atoms with Gasteiger partial charge in [0, 0.05) is 48.4 Å². The number of carbonyl (C=O) groups excluding carboxylic acids is 1. The van der Waals surface area contributed by atoms with E-state index in [1.54, 1.807) is 0 Å². The number of halogens is 1. The number of imidazole rings is 1. The molecule has 5 nitrogen and oxygen atoms in total. The Kier molecular flexibility index (Phi) is 9.38. The highest BCUT2D eigenvalue weighted by Gasteiger charge is 2.20. The van der Waals surface area contributed by atoms with Crippen molar-refractivity contribution >= 4 is 17.5 Å². The standard InChI is InChI=1S/C32H37ClN4O/c1-23-11-13-27(14-12-23)32(38)36(16-6-15-34)20-25(3)18-31-35-30(28-9-5-10-29(33)19-28)22-37(31)21-26-8-4-7-24(2)17-26/h4-5,7-14,17,19,22,25H,6,15-16,18,20-21,34H2,1-3H3. The van der Waals surface area contributed by atoms with Gasteiger partial charge in [-0.25, -0.2) is 4.98 Å². The van der Waals surface area contributed by atoms with Crippen LogP contribution in [-0.4, -0.2) is 40.0 Å². The highest BCUT2D eigenvalue weighted by atomic mass is 35.5. The number of nitrogens with zero attached hydrogens (tertiary/aromatic N) is 3. The van der Waals surface area contributed by atoms with Crippen molar-refractivity contribution in [3.05, 3.63) is 112 Å². The number of hydrogen-bond donors (Lipinski definition) is 1. The second kappa shape index (κ2) is 12.9. The number of aromatic nitrogens is 2. The molecular weight excluding hydrogens is 492 g/mol. The van der Waals surface area contributed by atoms with Crippen LogP contribution in [0.1, 0.15) is 46.2 Å². The van der Waals surface area contributed by atoms with Crippen molar-refractivity contribution in [2.75, 3.05) is 19.6 Å². The fourth-order valence-electron chi connectivity index (χ4n) is 4.74. The number of rotatable bonds is 11.